The van der Waals surface area contributed by atoms with Gasteiger partial charge >= 0.3 is 0 Å². The second-order valence-corrected chi connectivity index (χ2v) is 33.5. The van der Waals surface area contributed by atoms with Crippen LogP contribution in [0.3, 0.4) is 0 Å². The van der Waals surface area contributed by atoms with Gasteiger partial charge in [0.25, 0.3) is 0 Å². The Labute approximate surface area is 737 Å². The van der Waals surface area contributed by atoms with Crippen LogP contribution in [-0.2, 0) is 6.42 Å². The summed E-state index contributed by atoms with van der Waals surface area (Å²) in [5.74, 6) is 1.37. The van der Waals surface area contributed by atoms with Crippen LogP contribution in [0, 0.1) is 0 Å². The van der Waals surface area contributed by atoms with Crippen LogP contribution in [0.5, 0.6) is 0 Å². The first-order valence-corrected chi connectivity index (χ1v) is 43.9. The van der Waals surface area contributed by atoms with E-state index in [2.05, 4.69) is 467 Å². The number of fused-ring (bicyclic) bond motifs is 19. The van der Waals surface area contributed by atoms with Crippen molar-refractivity contribution in [3.8, 4) is 79.2 Å². The maximum Gasteiger partial charge on any atom is 0.235 e. The molecule has 25 aromatic rings. The van der Waals surface area contributed by atoms with E-state index >= 15 is 0 Å². The lowest BCUT2D eigenvalue weighted by Crippen LogP contribution is -2.04. The number of hydrogen-bond acceptors (Lipinski definition) is 4. The fraction of sp³-hybridized carbons (Fsp3) is 0.0167. The molecule has 598 valence electrons. The van der Waals surface area contributed by atoms with Crippen molar-refractivity contribution in [2.75, 3.05) is 0 Å². The van der Waals surface area contributed by atoms with Crippen molar-refractivity contribution in [2.45, 2.75) is 12.8 Å². The highest BCUT2D eigenvalue weighted by molar-refractivity contribution is 6.19. The second kappa shape index (κ2) is 30.5. The maximum absolute atomic E-state index is 5.45. The molecular weight excluding hydrogens is 1550 g/mol. The van der Waals surface area contributed by atoms with Crippen molar-refractivity contribution < 1.29 is 0 Å². The largest absolute Gasteiger partial charge is 0.309 e. The molecule has 0 saturated heterocycles. The van der Waals surface area contributed by atoms with Crippen LogP contribution in [0.2, 0.25) is 0 Å². The van der Waals surface area contributed by atoms with Gasteiger partial charge in [-0.05, 0) is 223 Å². The van der Waals surface area contributed by atoms with Crippen LogP contribution < -0.4 is 0 Å². The molecule has 0 N–H and O–H groups in total. The highest BCUT2D eigenvalue weighted by atomic mass is 15.2. The van der Waals surface area contributed by atoms with Crippen molar-refractivity contribution >= 4 is 153 Å². The predicted octanol–water partition coefficient (Wildman–Crippen LogP) is 31.0. The molecule has 8 heteroatoms. The van der Waals surface area contributed by atoms with E-state index in [0.717, 1.165) is 112 Å². The Hall–Kier alpha value is -16.9. The molecule has 1 aliphatic rings. The zero-order valence-electron chi connectivity index (χ0n) is 69.7. The summed E-state index contributed by atoms with van der Waals surface area (Å²) in [6.45, 7) is 0. The Balaban J connectivity index is 0.000000140. The van der Waals surface area contributed by atoms with Gasteiger partial charge < -0.3 is 13.7 Å². The van der Waals surface area contributed by atoms with Gasteiger partial charge in [0.1, 0.15) is 0 Å². The molecule has 0 unspecified atom stereocenters. The van der Waals surface area contributed by atoms with E-state index in [1.807, 2.05) is 0 Å². The van der Waals surface area contributed by atoms with E-state index in [4.69, 9.17) is 19.9 Å². The average molecular weight is 1630 g/mol. The highest BCUT2D eigenvalue weighted by Gasteiger charge is 2.25. The number of allylic oxidation sites excluding steroid dienone is 5. The summed E-state index contributed by atoms with van der Waals surface area (Å²) >= 11 is 0. The first-order chi connectivity index (χ1) is 63.5. The van der Waals surface area contributed by atoms with Crippen LogP contribution in [0.1, 0.15) is 23.2 Å². The number of benzene rings is 19. The normalized spacial score (nSPS) is 13.4. The molecular formula is C120H78N8. The Morgan fingerprint density at radius 1 is 0.211 bits per heavy atom. The van der Waals surface area contributed by atoms with Crippen LogP contribution in [0.4, 0.5) is 0 Å². The molecule has 0 saturated carbocycles. The second-order valence-electron chi connectivity index (χ2n) is 33.5. The molecule has 6 heterocycles. The van der Waals surface area contributed by atoms with Crippen molar-refractivity contribution in [2.24, 2.45) is 0 Å². The van der Waals surface area contributed by atoms with Crippen molar-refractivity contribution in [1.82, 2.24) is 38.2 Å². The van der Waals surface area contributed by atoms with E-state index in [0.29, 0.717) is 18.2 Å². The number of para-hydroxylation sites is 4. The third kappa shape index (κ3) is 12.5. The number of nitrogens with zero attached hydrogens (tertiary/aromatic N) is 8. The SMILES string of the molecule is C1=C\C/C(c2cccc3ccccc23)=C\c2c(nc(-c3ccc(-n4c5ccccc5c5cc(-c6ccc7c(c6)c6ccccc6n7-c6ccccc6)ccc54)cc3)nc2-c2ccccc2)C\C=C/1.c1ccc(-c2nc(-n3c4ccc(-c5ccc6c(c5)c5cc7ccccc7cc5n6-c5ccccc5)cc4c4cc5ccccc5cc43)nc3c2ccc2ccccc23)cc1. The molecule has 6 aromatic heterocycles. The molecule has 0 atom stereocenters. The van der Waals surface area contributed by atoms with Crippen LogP contribution in [0.25, 0.3) is 232 Å². The zero-order valence-corrected chi connectivity index (χ0v) is 69.7. The molecule has 0 aliphatic heterocycles. The molecule has 0 bridgehead atoms. The van der Waals surface area contributed by atoms with Crippen LogP contribution in [0.15, 0.2) is 443 Å². The van der Waals surface area contributed by atoms with Crippen LogP contribution >= 0.6 is 0 Å². The lowest BCUT2D eigenvalue weighted by Gasteiger charge is -2.17. The first kappa shape index (κ1) is 73.8. The monoisotopic (exact) mass is 1630 g/mol. The van der Waals surface area contributed by atoms with Gasteiger partial charge in [-0.25, -0.2) is 19.9 Å². The number of rotatable bonds is 10. The predicted molar refractivity (Wildman–Crippen MR) is 537 cm³/mol. The Morgan fingerprint density at radius 2 is 0.602 bits per heavy atom. The average Bonchev–Trinajstić information content (AvgIpc) is 1.59. The van der Waals surface area contributed by atoms with Crippen molar-refractivity contribution in [3.05, 3.63) is 460 Å². The van der Waals surface area contributed by atoms with Gasteiger partial charge in [-0.1, -0.05) is 303 Å². The minimum atomic E-state index is 0.656. The summed E-state index contributed by atoms with van der Waals surface area (Å²) in [4.78, 5) is 21.7. The van der Waals surface area contributed by atoms with Gasteiger partial charge in [0, 0.05) is 99.6 Å². The summed E-state index contributed by atoms with van der Waals surface area (Å²) in [6.07, 6.45) is 12.6. The topological polar surface area (TPSA) is 71.3 Å². The fourth-order valence-electron chi connectivity index (χ4n) is 20.0. The quantitative estimate of drug-likeness (QED) is 0.128. The Kier molecular flexibility index (Phi) is 17.6. The fourth-order valence-corrected chi connectivity index (χ4v) is 20.0. The zero-order chi connectivity index (χ0) is 84.3. The van der Waals surface area contributed by atoms with Crippen molar-refractivity contribution in [1.29, 1.82) is 0 Å². The van der Waals surface area contributed by atoms with Gasteiger partial charge in [-0.2, -0.15) is 0 Å². The highest BCUT2D eigenvalue weighted by Crippen LogP contribution is 2.45. The van der Waals surface area contributed by atoms with Gasteiger partial charge in [0.2, 0.25) is 5.95 Å². The smallest absolute Gasteiger partial charge is 0.235 e. The van der Waals surface area contributed by atoms with E-state index in [9.17, 15) is 0 Å². The lowest BCUT2D eigenvalue weighted by atomic mass is 9.92. The minimum absolute atomic E-state index is 0.656. The molecule has 0 fully saturated rings. The molecule has 8 nitrogen and oxygen atoms in total. The molecule has 0 amide bonds. The number of aromatic nitrogens is 8. The van der Waals surface area contributed by atoms with Gasteiger partial charge in [0.15, 0.2) is 5.82 Å². The summed E-state index contributed by atoms with van der Waals surface area (Å²) in [7, 11) is 0. The third-order valence-corrected chi connectivity index (χ3v) is 26.1. The van der Waals surface area contributed by atoms with E-state index in [1.54, 1.807) is 0 Å². The third-order valence-electron chi connectivity index (χ3n) is 26.1. The minimum Gasteiger partial charge on any atom is -0.309 e. The molecule has 0 radical (unpaired) electrons. The lowest BCUT2D eigenvalue weighted by molar-refractivity contribution is 1.02. The maximum atomic E-state index is 5.45. The van der Waals surface area contributed by atoms with Crippen molar-refractivity contribution in [3.63, 3.8) is 0 Å². The molecule has 19 aromatic carbocycles. The molecule has 1 aliphatic carbocycles. The van der Waals surface area contributed by atoms with E-state index in [-0.39, 0.29) is 0 Å². The van der Waals surface area contributed by atoms with Crippen LogP contribution in [-0.4, -0.2) is 38.2 Å². The first-order valence-electron chi connectivity index (χ1n) is 43.9. The molecule has 0 spiro atoms. The molecule has 26 rings (SSSR count). The Bertz CT molecular complexity index is 8910. The standard InChI is InChI=1S/C64H44N4.C56H34N4/c1-2-10-29-58-57(42-48(21-5-1)52-28-17-22-43-18-11-12-25-51(43)52)63(44-19-6-3-7-20-44)66-64(65-58)45-32-36-50(37-33-45)68-60-31-16-14-27-54(60)56-41-47(35-39-62(56)68)46-34-38-61-55(40-46)53-26-13-15-30-59(53)67(61)49-23-8-4-9-24-49;1-3-14-36(15-4-1)54-45-26-23-35-13-11-12-22-44(35)55(45)58-56(57-54)60-51-28-25-42(32-47(51)49-30-38-17-8-10-19-40(38)34-53(49)60)41-24-27-50-46(31-41)48-29-37-16-7-9-18-39(37)33-52(48)59(50)43-20-5-2-6-21-43/h1-20,22-28,30-42H,21,29H2;1-34H/b5-1-,10-2-,48-42+;. The summed E-state index contributed by atoms with van der Waals surface area (Å²) < 4.78 is 9.43. The summed E-state index contributed by atoms with van der Waals surface area (Å²) in [5, 5.41) is 20.4. The van der Waals surface area contributed by atoms with E-state index < -0.39 is 0 Å². The summed E-state index contributed by atoms with van der Waals surface area (Å²) in [5.41, 5.74) is 27.8. The Morgan fingerprint density at radius 3 is 1.15 bits per heavy atom. The van der Waals surface area contributed by atoms with Gasteiger partial charge in [-0.15, -0.1) is 0 Å². The van der Waals surface area contributed by atoms with Gasteiger partial charge in [-0.3, -0.25) is 4.57 Å². The number of hydrogen-bond donors (Lipinski definition) is 0. The van der Waals surface area contributed by atoms with Gasteiger partial charge in [0.05, 0.1) is 66.7 Å². The van der Waals surface area contributed by atoms with E-state index in [1.165, 1.54) is 125 Å². The summed E-state index contributed by atoms with van der Waals surface area (Å²) in [6, 6.07) is 151. The molecule has 128 heavy (non-hydrogen) atoms.